The standard InChI is InChI=1S/C20H21ClN6OS/c1-14-15(12-26-7-9-29-10-8-26)3-2-4-18(14)23-20(28)17-11-16(21)5-6-19(17)27-13-22-24-25-27/h2-6,11,13H,7-10,12H2,1H3,(H,23,28). The van der Waals surface area contributed by atoms with Gasteiger partial charge in [0, 0.05) is 41.8 Å². The Balaban J connectivity index is 1.58. The number of halogens is 1. The Bertz CT molecular complexity index is 1000. The van der Waals surface area contributed by atoms with E-state index in [0.717, 1.165) is 30.9 Å². The van der Waals surface area contributed by atoms with Gasteiger partial charge < -0.3 is 5.32 Å². The highest BCUT2D eigenvalue weighted by atomic mass is 35.5. The minimum Gasteiger partial charge on any atom is -0.322 e. The molecular weight excluding hydrogens is 408 g/mol. The van der Waals surface area contributed by atoms with Crippen LogP contribution in [-0.2, 0) is 6.54 Å². The first-order chi connectivity index (χ1) is 14.1. The van der Waals surface area contributed by atoms with Crippen molar-refractivity contribution in [2.24, 2.45) is 0 Å². The summed E-state index contributed by atoms with van der Waals surface area (Å²) < 4.78 is 1.45. The lowest BCUT2D eigenvalue weighted by atomic mass is 10.1. The third-order valence-corrected chi connectivity index (χ3v) is 6.17. The number of hydrogen-bond donors (Lipinski definition) is 1. The van der Waals surface area contributed by atoms with Crippen LogP contribution in [0.2, 0.25) is 5.02 Å². The van der Waals surface area contributed by atoms with Gasteiger partial charge in [0.25, 0.3) is 5.91 Å². The fraction of sp³-hybridized carbons (Fsp3) is 0.300. The molecule has 3 aromatic rings. The molecule has 1 aliphatic rings. The fourth-order valence-corrected chi connectivity index (χ4v) is 4.49. The highest BCUT2D eigenvalue weighted by Gasteiger charge is 2.17. The number of anilines is 1. The molecular formula is C20H21ClN6OS. The van der Waals surface area contributed by atoms with Crippen molar-refractivity contribution in [2.45, 2.75) is 13.5 Å². The number of benzene rings is 2. The number of nitrogens with zero attached hydrogens (tertiary/aromatic N) is 5. The zero-order valence-corrected chi connectivity index (χ0v) is 17.6. The first kappa shape index (κ1) is 19.9. The van der Waals surface area contributed by atoms with E-state index in [-0.39, 0.29) is 5.91 Å². The molecule has 1 aromatic heterocycles. The van der Waals surface area contributed by atoms with Crippen LogP contribution >= 0.6 is 23.4 Å². The molecule has 0 saturated carbocycles. The van der Waals surface area contributed by atoms with E-state index in [1.165, 1.54) is 28.1 Å². The second kappa shape index (κ2) is 8.94. The van der Waals surface area contributed by atoms with E-state index in [9.17, 15) is 4.79 Å². The topological polar surface area (TPSA) is 75.9 Å². The van der Waals surface area contributed by atoms with E-state index >= 15 is 0 Å². The maximum Gasteiger partial charge on any atom is 0.257 e. The lowest BCUT2D eigenvalue weighted by Gasteiger charge is -2.27. The molecule has 1 fully saturated rings. The van der Waals surface area contributed by atoms with Gasteiger partial charge in [-0.15, -0.1) is 5.10 Å². The largest absolute Gasteiger partial charge is 0.322 e. The van der Waals surface area contributed by atoms with Crippen molar-refractivity contribution in [1.29, 1.82) is 0 Å². The van der Waals surface area contributed by atoms with Gasteiger partial charge in [-0.25, -0.2) is 0 Å². The zero-order valence-electron chi connectivity index (χ0n) is 16.0. The second-order valence-electron chi connectivity index (χ2n) is 6.85. The highest BCUT2D eigenvalue weighted by molar-refractivity contribution is 7.99. The molecule has 0 bridgehead atoms. The monoisotopic (exact) mass is 428 g/mol. The molecule has 0 radical (unpaired) electrons. The molecule has 9 heteroatoms. The average molecular weight is 429 g/mol. The predicted octanol–water partition coefficient (Wildman–Crippen LogP) is 3.43. The summed E-state index contributed by atoms with van der Waals surface area (Å²) in [6, 6.07) is 11.1. The third-order valence-electron chi connectivity index (χ3n) is 4.99. The van der Waals surface area contributed by atoms with Gasteiger partial charge in [0.15, 0.2) is 0 Å². The number of carbonyl (C=O) groups is 1. The molecule has 0 aliphatic carbocycles. The van der Waals surface area contributed by atoms with Gasteiger partial charge in [-0.05, 0) is 52.7 Å². The van der Waals surface area contributed by atoms with Gasteiger partial charge in [-0.1, -0.05) is 23.7 Å². The lowest BCUT2D eigenvalue weighted by Crippen LogP contribution is -2.32. The molecule has 1 N–H and O–H groups in total. The van der Waals surface area contributed by atoms with Crippen LogP contribution in [0.5, 0.6) is 0 Å². The summed E-state index contributed by atoms with van der Waals surface area (Å²) in [6.45, 7) is 5.13. The molecule has 1 saturated heterocycles. The Labute approximate surface area is 178 Å². The number of carbonyl (C=O) groups excluding carboxylic acids is 1. The second-order valence-corrected chi connectivity index (χ2v) is 8.51. The van der Waals surface area contributed by atoms with E-state index in [4.69, 9.17) is 11.6 Å². The Hall–Kier alpha value is -2.42. The predicted molar refractivity (Wildman–Crippen MR) is 116 cm³/mol. The van der Waals surface area contributed by atoms with E-state index in [1.54, 1.807) is 18.2 Å². The van der Waals surface area contributed by atoms with Crippen LogP contribution in [-0.4, -0.2) is 55.6 Å². The van der Waals surface area contributed by atoms with Crippen LogP contribution in [0, 0.1) is 6.92 Å². The Morgan fingerprint density at radius 3 is 2.83 bits per heavy atom. The van der Waals surface area contributed by atoms with E-state index in [1.807, 2.05) is 30.8 Å². The zero-order chi connectivity index (χ0) is 20.2. The number of aromatic nitrogens is 4. The van der Waals surface area contributed by atoms with Crippen molar-refractivity contribution in [2.75, 3.05) is 29.9 Å². The summed E-state index contributed by atoms with van der Waals surface area (Å²) in [6.07, 6.45) is 1.45. The van der Waals surface area contributed by atoms with Crippen molar-refractivity contribution in [1.82, 2.24) is 25.1 Å². The third kappa shape index (κ3) is 4.60. The van der Waals surface area contributed by atoms with E-state index in [0.29, 0.717) is 16.3 Å². The Morgan fingerprint density at radius 2 is 2.07 bits per heavy atom. The first-order valence-corrected chi connectivity index (χ1v) is 10.9. The average Bonchev–Trinajstić information content (AvgIpc) is 3.26. The van der Waals surface area contributed by atoms with Crippen LogP contribution in [0.1, 0.15) is 21.5 Å². The van der Waals surface area contributed by atoms with Gasteiger partial charge >= 0.3 is 0 Å². The van der Waals surface area contributed by atoms with Crippen LogP contribution in [0.25, 0.3) is 5.69 Å². The van der Waals surface area contributed by atoms with Crippen LogP contribution in [0.3, 0.4) is 0 Å². The minimum atomic E-state index is -0.257. The number of nitrogens with one attached hydrogen (secondary N) is 1. The van der Waals surface area contributed by atoms with Crippen LogP contribution < -0.4 is 5.32 Å². The highest BCUT2D eigenvalue weighted by Crippen LogP contribution is 2.24. The Morgan fingerprint density at radius 1 is 1.24 bits per heavy atom. The van der Waals surface area contributed by atoms with Crippen molar-refractivity contribution >= 4 is 35.0 Å². The summed E-state index contributed by atoms with van der Waals surface area (Å²) in [5.41, 5.74) is 4.06. The molecule has 150 valence electrons. The van der Waals surface area contributed by atoms with Crippen molar-refractivity contribution < 1.29 is 4.79 Å². The number of tetrazole rings is 1. The van der Waals surface area contributed by atoms with Gasteiger partial charge in [-0.2, -0.15) is 16.4 Å². The maximum absolute atomic E-state index is 13.1. The number of rotatable bonds is 5. The Kier molecular flexibility index (Phi) is 6.13. The van der Waals surface area contributed by atoms with Crippen LogP contribution in [0.15, 0.2) is 42.7 Å². The van der Waals surface area contributed by atoms with Crippen molar-refractivity contribution in [3.05, 3.63) is 64.4 Å². The lowest BCUT2D eigenvalue weighted by molar-refractivity contribution is 0.102. The molecule has 1 aliphatic heterocycles. The molecule has 2 aromatic carbocycles. The number of amides is 1. The molecule has 29 heavy (non-hydrogen) atoms. The number of thioether (sulfide) groups is 1. The molecule has 7 nitrogen and oxygen atoms in total. The molecule has 1 amide bonds. The van der Waals surface area contributed by atoms with Crippen molar-refractivity contribution in [3.63, 3.8) is 0 Å². The van der Waals surface area contributed by atoms with Gasteiger partial charge in [0.05, 0.1) is 11.3 Å². The van der Waals surface area contributed by atoms with Crippen LogP contribution in [0.4, 0.5) is 5.69 Å². The van der Waals surface area contributed by atoms with Crippen molar-refractivity contribution in [3.8, 4) is 5.69 Å². The molecule has 2 heterocycles. The van der Waals surface area contributed by atoms with E-state index in [2.05, 4.69) is 31.8 Å². The maximum atomic E-state index is 13.1. The number of hydrogen-bond acceptors (Lipinski definition) is 6. The molecule has 0 unspecified atom stereocenters. The summed E-state index contributed by atoms with van der Waals surface area (Å²) in [5.74, 6) is 2.08. The molecule has 4 rings (SSSR count). The summed E-state index contributed by atoms with van der Waals surface area (Å²) in [4.78, 5) is 15.5. The SMILES string of the molecule is Cc1c(CN2CCSCC2)cccc1NC(=O)c1cc(Cl)ccc1-n1cnnn1. The first-order valence-electron chi connectivity index (χ1n) is 9.34. The summed E-state index contributed by atoms with van der Waals surface area (Å²) >= 11 is 8.14. The smallest absolute Gasteiger partial charge is 0.257 e. The van der Waals surface area contributed by atoms with E-state index < -0.39 is 0 Å². The van der Waals surface area contributed by atoms with Gasteiger partial charge in [0.2, 0.25) is 0 Å². The summed E-state index contributed by atoms with van der Waals surface area (Å²) in [7, 11) is 0. The van der Waals surface area contributed by atoms with Gasteiger partial charge in [0.1, 0.15) is 6.33 Å². The summed E-state index contributed by atoms with van der Waals surface area (Å²) in [5, 5.41) is 14.7. The van der Waals surface area contributed by atoms with Gasteiger partial charge in [-0.3, -0.25) is 9.69 Å². The molecule has 0 spiro atoms. The minimum absolute atomic E-state index is 0.257. The normalized spacial score (nSPS) is 14.7. The molecule has 0 atom stereocenters. The fourth-order valence-electron chi connectivity index (χ4n) is 3.34. The quantitative estimate of drug-likeness (QED) is 0.671.